The van der Waals surface area contributed by atoms with E-state index in [1.165, 1.54) is 16.8 Å². The van der Waals surface area contributed by atoms with Crippen molar-refractivity contribution in [2.75, 3.05) is 80.3 Å². The van der Waals surface area contributed by atoms with Crippen LogP contribution in [0, 0.1) is 19.8 Å². The van der Waals surface area contributed by atoms with Crippen LogP contribution in [-0.2, 0) is 9.53 Å². The quantitative estimate of drug-likeness (QED) is 0.689. The van der Waals surface area contributed by atoms with Crippen LogP contribution in [0.4, 0.5) is 17.3 Å². The molecule has 0 spiro atoms. The summed E-state index contributed by atoms with van der Waals surface area (Å²) in [6.07, 6.45) is 1.76. The Morgan fingerprint density at radius 2 is 1.41 bits per heavy atom. The summed E-state index contributed by atoms with van der Waals surface area (Å²) in [6, 6.07) is 10.7. The zero-order valence-corrected chi connectivity index (χ0v) is 20.4. The van der Waals surface area contributed by atoms with Gasteiger partial charge >= 0.3 is 0 Å². The van der Waals surface area contributed by atoms with E-state index in [2.05, 4.69) is 74.0 Å². The van der Waals surface area contributed by atoms with Crippen molar-refractivity contribution in [2.45, 2.75) is 26.7 Å². The molecule has 1 aromatic carbocycles. The number of piperidine rings is 1. The van der Waals surface area contributed by atoms with Crippen LogP contribution in [-0.4, -0.2) is 86.6 Å². The van der Waals surface area contributed by atoms with Crippen LogP contribution < -0.4 is 14.7 Å². The Morgan fingerprint density at radius 3 is 2.00 bits per heavy atom. The molecule has 8 nitrogen and oxygen atoms in total. The lowest BCUT2D eigenvalue weighted by Crippen LogP contribution is -2.52. The first-order valence-electron chi connectivity index (χ1n) is 12.6. The summed E-state index contributed by atoms with van der Waals surface area (Å²) >= 11 is 0. The molecule has 2 aromatic rings. The number of anilines is 3. The Balaban J connectivity index is 1.11. The maximum Gasteiger partial charge on any atom is 0.225 e. The number of amides is 1. The highest BCUT2D eigenvalue weighted by molar-refractivity contribution is 5.79. The van der Waals surface area contributed by atoms with Crippen molar-refractivity contribution in [3.05, 3.63) is 41.5 Å². The zero-order chi connectivity index (χ0) is 23.5. The first-order valence-corrected chi connectivity index (χ1v) is 12.6. The van der Waals surface area contributed by atoms with Crippen LogP contribution in [0.1, 0.15) is 24.0 Å². The fourth-order valence-electron chi connectivity index (χ4n) is 5.39. The molecule has 0 aliphatic carbocycles. The number of rotatable bonds is 4. The zero-order valence-electron chi connectivity index (χ0n) is 20.4. The molecule has 3 fully saturated rings. The molecule has 0 atom stereocenters. The summed E-state index contributed by atoms with van der Waals surface area (Å²) < 4.78 is 5.42. The van der Waals surface area contributed by atoms with Crippen molar-refractivity contribution >= 4 is 23.2 Å². The monoisotopic (exact) mass is 464 g/mol. The SMILES string of the molecule is Cc1ccc(N2CCN(C(=O)C3CCN(c4ccc(N5CCOCC5)nn4)CC3)CC2)c(C)c1. The van der Waals surface area contributed by atoms with Gasteiger partial charge in [0.25, 0.3) is 0 Å². The number of benzene rings is 1. The van der Waals surface area contributed by atoms with Crippen LogP contribution in [0.15, 0.2) is 30.3 Å². The molecule has 34 heavy (non-hydrogen) atoms. The van der Waals surface area contributed by atoms with E-state index in [0.717, 1.165) is 90.0 Å². The van der Waals surface area contributed by atoms with Crippen LogP contribution in [0.25, 0.3) is 0 Å². The van der Waals surface area contributed by atoms with Gasteiger partial charge in [-0.1, -0.05) is 17.7 Å². The summed E-state index contributed by atoms with van der Waals surface area (Å²) in [5.74, 6) is 2.26. The largest absolute Gasteiger partial charge is 0.378 e. The average molecular weight is 465 g/mol. The third-order valence-electron chi connectivity index (χ3n) is 7.42. The van der Waals surface area contributed by atoms with Crippen LogP contribution in [0.5, 0.6) is 0 Å². The molecule has 5 rings (SSSR count). The molecular weight excluding hydrogens is 428 g/mol. The molecule has 182 valence electrons. The first kappa shape index (κ1) is 22.9. The Morgan fingerprint density at radius 1 is 0.794 bits per heavy atom. The smallest absolute Gasteiger partial charge is 0.225 e. The van der Waals surface area contributed by atoms with Gasteiger partial charge in [0, 0.05) is 64.0 Å². The normalized spacial score (nSPS) is 20.1. The van der Waals surface area contributed by atoms with Gasteiger partial charge < -0.3 is 24.3 Å². The van der Waals surface area contributed by atoms with Crippen LogP contribution in [0.2, 0.25) is 0 Å². The number of morpholine rings is 1. The van der Waals surface area contributed by atoms with Crippen molar-refractivity contribution in [3.63, 3.8) is 0 Å². The second-order valence-corrected chi connectivity index (χ2v) is 9.71. The van der Waals surface area contributed by atoms with Crippen molar-refractivity contribution in [1.82, 2.24) is 15.1 Å². The van der Waals surface area contributed by atoms with Crippen molar-refractivity contribution < 1.29 is 9.53 Å². The molecule has 8 heteroatoms. The summed E-state index contributed by atoms with van der Waals surface area (Å²) in [5.41, 5.74) is 3.90. The van der Waals surface area contributed by atoms with Gasteiger partial charge in [-0.2, -0.15) is 0 Å². The molecule has 1 amide bonds. The van der Waals surface area contributed by atoms with Crippen LogP contribution >= 0.6 is 0 Å². The third-order valence-corrected chi connectivity index (χ3v) is 7.42. The fraction of sp³-hybridized carbons (Fsp3) is 0.577. The lowest BCUT2D eigenvalue weighted by molar-refractivity contribution is -0.136. The van der Waals surface area contributed by atoms with Crippen molar-refractivity contribution in [1.29, 1.82) is 0 Å². The van der Waals surface area contributed by atoms with Crippen molar-refractivity contribution in [2.24, 2.45) is 5.92 Å². The number of hydrogen-bond acceptors (Lipinski definition) is 7. The molecule has 4 heterocycles. The van der Waals surface area contributed by atoms with Gasteiger partial charge in [0.05, 0.1) is 13.2 Å². The summed E-state index contributed by atoms with van der Waals surface area (Å²) in [5, 5.41) is 8.93. The van der Waals surface area contributed by atoms with E-state index in [4.69, 9.17) is 4.74 Å². The number of aryl methyl sites for hydroxylation is 2. The molecule has 0 unspecified atom stereocenters. The Labute approximate surface area is 202 Å². The van der Waals surface area contributed by atoms with E-state index < -0.39 is 0 Å². The average Bonchev–Trinajstić information content (AvgIpc) is 2.89. The number of nitrogens with zero attached hydrogens (tertiary/aromatic N) is 6. The van der Waals surface area contributed by atoms with Gasteiger partial charge in [0.1, 0.15) is 0 Å². The number of ether oxygens (including phenoxy) is 1. The number of aromatic nitrogens is 2. The Hall–Kier alpha value is -2.87. The van der Waals surface area contributed by atoms with E-state index in [1.54, 1.807) is 0 Å². The second kappa shape index (κ2) is 10.2. The van der Waals surface area contributed by atoms with E-state index >= 15 is 0 Å². The van der Waals surface area contributed by atoms with Gasteiger partial charge in [-0.05, 0) is 50.5 Å². The minimum atomic E-state index is 0.115. The molecule has 0 N–H and O–H groups in total. The van der Waals surface area contributed by atoms with Gasteiger partial charge in [-0.15, -0.1) is 10.2 Å². The number of hydrogen-bond donors (Lipinski definition) is 0. The molecule has 3 aliphatic heterocycles. The van der Waals surface area contributed by atoms with E-state index in [1.807, 2.05) is 0 Å². The second-order valence-electron chi connectivity index (χ2n) is 9.71. The first-order chi connectivity index (χ1) is 16.6. The predicted octanol–water partition coefficient (Wildman–Crippen LogP) is 2.50. The minimum Gasteiger partial charge on any atom is -0.378 e. The predicted molar refractivity (Wildman–Crippen MR) is 135 cm³/mol. The summed E-state index contributed by atoms with van der Waals surface area (Å²) in [6.45, 7) is 12.6. The van der Waals surface area contributed by atoms with Crippen LogP contribution in [0.3, 0.4) is 0 Å². The molecule has 0 bridgehead atoms. The summed E-state index contributed by atoms with van der Waals surface area (Å²) in [7, 11) is 0. The van der Waals surface area contributed by atoms with E-state index in [-0.39, 0.29) is 5.92 Å². The highest BCUT2D eigenvalue weighted by Crippen LogP contribution is 2.26. The Bertz CT molecular complexity index is 975. The Kier molecular flexibility index (Phi) is 6.85. The topological polar surface area (TPSA) is 65.0 Å². The highest BCUT2D eigenvalue weighted by atomic mass is 16.5. The molecule has 3 saturated heterocycles. The standard InChI is InChI=1S/C26H36N6O2/c1-20-3-4-23(21(2)19-20)29-11-13-32(14-12-29)26(33)22-7-9-30(10-8-22)24-5-6-25(28-27-24)31-15-17-34-18-16-31/h3-6,19,22H,7-18H2,1-2H3. The highest BCUT2D eigenvalue weighted by Gasteiger charge is 2.31. The van der Waals surface area contributed by atoms with Gasteiger partial charge in [-0.25, -0.2) is 0 Å². The molecule has 0 radical (unpaired) electrons. The van der Waals surface area contributed by atoms with Gasteiger partial charge in [0.2, 0.25) is 5.91 Å². The molecular formula is C26H36N6O2. The minimum absolute atomic E-state index is 0.115. The maximum absolute atomic E-state index is 13.2. The molecule has 1 aromatic heterocycles. The lowest BCUT2D eigenvalue weighted by atomic mass is 9.95. The number of carbonyl (C=O) groups is 1. The molecule has 3 aliphatic rings. The summed E-state index contributed by atoms with van der Waals surface area (Å²) in [4.78, 5) is 22.2. The van der Waals surface area contributed by atoms with E-state index in [9.17, 15) is 4.79 Å². The lowest BCUT2D eigenvalue weighted by Gasteiger charge is -2.40. The fourth-order valence-corrected chi connectivity index (χ4v) is 5.39. The van der Waals surface area contributed by atoms with E-state index in [0.29, 0.717) is 5.91 Å². The third kappa shape index (κ3) is 4.97. The van der Waals surface area contributed by atoms with Gasteiger partial charge in [-0.3, -0.25) is 4.79 Å². The van der Waals surface area contributed by atoms with Crippen molar-refractivity contribution in [3.8, 4) is 0 Å². The maximum atomic E-state index is 13.2. The van der Waals surface area contributed by atoms with Gasteiger partial charge in [0.15, 0.2) is 11.6 Å². The molecule has 0 saturated carbocycles. The number of carbonyl (C=O) groups excluding carboxylic acids is 1. The number of piperazine rings is 1.